The molecular formula is C17H16N4O4S2. The van der Waals surface area contributed by atoms with Gasteiger partial charge in [-0.3, -0.25) is 14.9 Å². The molecule has 140 valence electrons. The number of hydrogen-bond acceptors (Lipinski definition) is 8. The van der Waals surface area contributed by atoms with Gasteiger partial charge in [-0.1, -0.05) is 28.7 Å². The normalized spacial score (nSPS) is 14.6. The molecule has 27 heavy (non-hydrogen) atoms. The van der Waals surface area contributed by atoms with Gasteiger partial charge in [0.05, 0.1) is 21.6 Å². The second kappa shape index (κ2) is 7.12. The highest BCUT2D eigenvalue weighted by Crippen LogP contribution is 2.34. The third-order valence-electron chi connectivity index (χ3n) is 4.41. The first-order valence-corrected chi connectivity index (χ1v) is 9.92. The molecule has 8 nitrogen and oxygen atoms in total. The van der Waals surface area contributed by atoms with Gasteiger partial charge >= 0.3 is 5.00 Å². The number of carbonyl (C=O) groups excluding carboxylic acids is 1. The molecule has 0 saturated carbocycles. The molecule has 0 atom stereocenters. The standard InChI is InChI=1S/C17H16N4O4S2/c1-25-11-3-2-4-12-15(11)18-17(27-12)20-9-7-19(8-10-20)16(22)13-5-6-14(26-13)21(23)24/h2-6H,7-10H2,1H3. The predicted molar refractivity (Wildman–Crippen MR) is 105 cm³/mol. The first kappa shape index (κ1) is 17.7. The molecule has 0 N–H and O–H groups in total. The minimum absolute atomic E-state index is 0.0135. The maximum Gasteiger partial charge on any atom is 0.324 e. The molecule has 0 spiro atoms. The lowest BCUT2D eigenvalue weighted by molar-refractivity contribution is -0.380. The average Bonchev–Trinajstić information content (AvgIpc) is 3.34. The quantitative estimate of drug-likeness (QED) is 0.490. The Kier molecular flexibility index (Phi) is 4.66. The van der Waals surface area contributed by atoms with Crippen molar-refractivity contribution in [2.75, 3.05) is 38.2 Å². The van der Waals surface area contributed by atoms with Crippen LogP contribution < -0.4 is 9.64 Å². The summed E-state index contributed by atoms with van der Waals surface area (Å²) < 4.78 is 6.43. The molecule has 0 bridgehead atoms. The van der Waals surface area contributed by atoms with Crippen LogP contribution in [0.4, 0.5) is 10.1 Å². The number of hydrogen-bond donors (Lipinski definition) is 0. The number of anilines is 1. The number of aromatic nitrogens is 1. The van der Waals surface area contributed by atoms with E-state index < -0.39 is 4.92 Å². The number of thiazole rings is 1. The van der Waals surface area contributed by atoms with E-state index in [4.69, 9.17) is 9.72 Å². The molecule has 1 fully saturated rings. The van der Waals surface area contributed by atoms with Crippen molar-refractivity contribution in [1.29, 1.82) is 0 Å². The number of para-hydroxylation sites is 1. The molecule has 10 heteroatoms. The Morgan fingerprint density at radius 2 is 1.96 bits per heavy atom. The first-order valence-electron chi connectivity index (χ1n) is 8.29. The number of thiophene rings is 1. The van der Waals surface area contributed by atoms with Crippen molar-refractivity contribution in [3.05, 3.63) is 45.3 Å². The fourth-order valence-electron chi connectivity index (χ4n) is 3.01. The molecule has 1 amide bonds. The van der Waals surface area contributed by atoms with Crippen molar-refractivity contribution in [3.63, 3.8) is 0 Å². The zero-order valence-electron chi connectivity index (χ0n) is 14.5. The van der Waals surface area contributed by atoms with Crippen molar-refractivity contribution in [1.82, 2.24) is 9.88 Å². The van der Waals surface area contributed by atoms with E-state index in [9.17, 15) is 14.9 Å². The summed E-state index contributed by atoms with van der Waals surface area (Å²) in [5.74, 6) is 0.599. The average molecular weight is 404 g/mol. The fraction of sp³-hybridized carbons (Fsp3) is 0.294. The van der Waals surface area contributed by atoms with Gasteiger partial charge in [-0.2, -0.15) is 0 Å². The van der Waals surface area contributed by atoms with Gasteiger partial charge in [-0.15, -0.1) is 0 Å². The molecule has 0 unspecified atom stereocenters. The zero-order valence-corrected chi connectivity index (χ0v) is 16.1. The molecule has 3 aromatic rings. The Labute approximate surface area is 162 Å². The van der Waals surface area contributed by atoms with Crippen LogP contribution in [0.5, 0.6) is 5.75 Å². The summed E-state index contributed by atoms with van der Waals surface area (Å²) in [7, 11) is 1.63. The molecule has 4 rings (SSSR count). The Hall–Kier alpha value is -2.72. The van der Waals surface area contributed by atoms with Crippen molar-refractivity contribution in [3.8, 4) is 5.75 Å². The van der Waals surface area contributed by atoms with Crippen LogP contribution in [0.1, 0.15) is 9.67 Å². The number of benzene rings is 1. The number of fused-ring (bicyclic) bond motifs is 1. The summed E-state index contributed by atoms with van der Waals surface area (Å²) in [6.07, 6.45) is 0. The van der Waals surface area contributed by atoms with Gasteiger partial charge < -0.3 is 14.5 Å². The van der Waals surface area contributed by atoms with E-state index in [1.54, 1.807) is 23.3 Å². The molecule has 2 aromatic heterocycles. The smallest absolute Gasteiger partial charge is 0.324 e. The summed E-state index contributed by atoms with van der Waals surface area (Å²) in [6.45, 7) is 2.44. The second-order valence-electron chi connectivity index (χ2n) is 5.98. The van der Waals surface area contributed by atoms with E-state index in [0.717, 1.165) is 32.4 Å². The molecular weight excluding hydrogens is 388 g/mol. The Morgan fingerprint density at radius 1 is 1.19 bits per heavy atom. The van der Waals surface area contributed by atoms with E-state index in [1.165, 1.54) is 12.1 Å². The first-order chi connectivity index (χ1) is 13.1. The lowest BCUT2D eigenvalue weighted by Gasteiger charge is -2.34. The molecule has 0 aliphatic carbocycles. The topological polar surface area (TPSA) is 88.8 Å². The van der Waals surface area contributed by atoms with Gasteiger partial charge in [0, 0.05) is 32.2 Å². The van der Waals surface area contributed by atoms with Crippen LogP contribution in [0.2, 0.25) is 0 Å². The van der Waals surface area contributed by atoms with Crippen molar-refractivity contribution in [2.24, 2.45) is 0 Å². The predicted octanol–water partition coefficient (Wildman–Crippen LogP) is 3.24. The second-order valence-corrected chi connectivity index (χ2v) is 8.05. The summed E-state index contributed by atoms with van der Waals surface area (Å²) in [5, 5.41) is 11.7. The molecule has 1 aromatic carbocycles. The van der Waals surface area contributed by atoms with Crippen LogP contribution in [0.15, 0.2) is 30.3 Å². The minimum Gasteiger partial charge on any atom is -0.494 e. The minimum atomic E-state index is -0.471. The lowest BCUT2D eigenvalue weighted by atomic mass is 10.3. The lowest BCUT2D eigenvalue weighted by Crippen LogP contribution is -2.48. The molecule has 0 radical (unpaired) electrons. The van der Waals surface area contributed by atoms with Gasteiger partial charge in [0.2, 0.25) is 0 Å². The van der Waals surface area contributed by atoms with Gasteiger partial charge in [0.25, 0.3) is 5.91 Å². The Bertz CT molecular complexity index is 1010. The van der Waals surface area contributed by atoms with Crippen molar-refractivity contribution < 1.29 is 14.5 Å². The third kappa shape index (κ3) is 3.33. The van der Waals surface area contributed by atoms with E-state index >= 15 is 0 Å². The maximum absolute atomic E-state index is 12.6. The van der Waals surface area contributed by atoms with E-state index in [-0.39, 0.29) is 10.9 Å². The largest absolute Gasteiger partial charge is 0.494 e. The van der Waals surface area contributed by atoms with Gasteiger partial charge in [-0.05, 0) is 18.2 Å². The highest BCUT2D eigenvalue weighted by molar-refractivity contribution is 7.22. The van der Waals surface area contributed by atoms with Crippen molar-refractivity contribution >= 4 is 48.9 Å². The van der Waals surface area contributed by atoms with E-state index in [1.807, 2.05) is 18.2 Å². The van der Waals surface area contributed by atoms with Crippen molar-refractivity contribution in [2.45, 2.75) is 0 Å². The van der Waals surface area contributed by atoms with Crippen LogP contribution in [-0.2, 0) is 0 Å². The number of methoxy groups -OCH3 is 1. The zero-order chi connectivity index (χ0) is 19.0. The van der Waals surface area contributed by atoms with Crippen LogP contribution in [0.25, 0.3) is 10.2 Å². The monoisotopic (exact) mass is 404 g/mol. The van der Waals surface area contributed by atoms with Crippen LogP contribution in [-0.4, -0.2) is 54.0 Å². The highest BCUT2D eigenvalue weighted by Gasteiger charge is 2.26. The number of rotatable bonds is 4. The van der Waals surface area contributed by atoms with Gasteiger partial charge in [-0.25, -0.2) is 4.98 Å². The third-order valence-corrected chi connectivity index (χ3v) is 6.52. The molecule has 3 heterocycles. The molecule has 1 aliphatic rings. The van der Waals surface area contributed by atoms with Crippen LogP contribution in [0, 0.1) is 10.1 Å². The van der Waals surface area contributed by atoms with Gasteiger partial charge in [0.15, 0.2) is 5.13 Å². The summed E-state index contributed by atoms with van der Waals surface area (Å²) >= 11 is 2.52. The fourth-order valence-corrected chi connectivity index (χ4v) is 4.83. The number of piperazine rings is 1. The van der Waals surface area contributed by atoms with Crippen LogP contribution >= 0.6 is 22.7 Å². The van der Waals surface area contributed by atoms with E-state index in [2.05, 4.69) is 4.90 Å². The maximum atomic E-state index is 12.6. The van der Waals surface area contributed by atoms with Crippen LogP contribution in [0.3, 0.4) is 0 Å². The summed E-state index contributed by atoms with van der Waals surface area (Å²) in [4.78, 5) is 31.9. The summed E-state index contributed by atoms with van der Waals surface area (Å²) in [5.41, 5.74) is 0.851. The number of amides is 1. The summed E-state index contributed by atoms with van der Waals surface area (Å²) in [6, 6.07) is 8.76. The Balaban J connectivity index is 1.45. The van der Waals surface area contributed by atoms with Gasteiger partial charge in [0.1, 0.15) is 11.3 Å². The Morgan fingerprint density at radius 3 is 2.63 bits per heavy atom. The number of nitrogens with zero attached hydrogens (tertiary/aromatic N) is 4. The molecule has 1 aliphatic heterocycles. The highest BCUT2D eigenvalue weighted by atomic mass is 32.1. The van der Waals surface area contributed by atoms with E-state index in [0.29, 0.717) is 31.1 Å². The number of nitro groups is 1. The number of carbonyl (C=O) groups is 1. The number of ether oxygens (including phenoxy) is 1. The molecule has 1 saturated heterocycles. The SMILES string of the molecule is COc1cccc2sc(N3CCN(C(=O)c4ccc([N+](=O)[O-])s4)CC3)nc12.